The molecule has 0 bridgehead atoms. The van der Waals surface area contributed by atoms with Gasteiger partial charge in [-0.1, -0.05) is 42.5 Å². The first kappa shape index (κ1) is 16.4. The molecule has 1 aliphatic heterocycles. The lowest BCUT2D eigenvalue weighted by Crippen LogP contribution is -2.54. The minimum atomic E-state index is -0.206. The van der Waals surface area contributed by atoms with Crippen molar-refractivity contribution in [1.82, 2.24) is 9.80 Å². The lowest BCUT2D eigenvalue weighted by atomic mass is 10.0. The lowest BCUT2D eigenvalue weighted by Gasteiger charge is -2.35. The molecule has 2 amide bonds. The van der Waals surface area contributed by atoms with Crippen LogP contribution < -0.4 is 0 Å². The molecule has 0 N–H and O–H groups in total. The zero-order valence-electron chi connectivity index (χ0n) is 14.1. The molecule has 0 radical (unpaired) electrons. The second kappa shape index (κ2) is 6.97. The summed E-state index contributed by atoms with van der Waals surface area (Å²) in [6.07, 6.45) is 0. The molecule has 2 aromatic rings. The molecular formula is C20H22N2O2. The molecule has 1 heterocycles. The van der Waals surface area contributed by atoms with Gasteiger partial charge in [0.15, 0.2) is 0 Å². The predicted molar refractivity (Wildman–Crippen MR) is 94.6 cm³/mol. The van der Waals surface area contributed by atoms with Crippen molar-refractivity contribution in [3.05, 3.63) is 60.2 Å². The van der Waals surface area contributed by atoms with Crippen LogP contribution in [0.1, 0.15) is 24.2 Å². The van der Waals surface area contributed by atoms with Crippen molar-refractivity contribution in [3.8, 4) is 11.1 Å². The molecule has 0 atom stereocenters. The van der Waals surface area contributed by atoms with Crippen molar-refractivity contribution >= 4 is 11.8 Å². The third kappa shape index (κ3) is 3.39. The van der Waals surface area contributed by atoms with Crippen molar-refractivity contribution < 1.29 is 9.59 Å². The third-order valence-corrected chi connectivity index (χ3v) is 4.46. The van der Waals surface area contributed by atoms with E-state index in [0.717, 1.165) is 17.7 Å². The van der Waals surface area contributed by atoms with Gasteiger partial charge in [-0.2, -0.15) is 0 Å². The first-order valence-corrected chi connectivity index (χ1v) is 8.30. The van der Waals surface area contributed by atoms with Crippen LogP contribution in [0.15, 0.2) is 54.6 Å². The van der Waals surface area contributed by atoms with Crippen molar-refractivity contribution in [1.29, 1.82) is 0 Å². The van der Waals surface area contributed by atoms with Gasteiger partial charge in [-0.3, -0.25) is 19.4 Å². The highest BCUT2D eigenvalue weighted by Crippen LogP contribution is 2.20. The molecule has 24 heavy (non-hydrogen) atoms. The van der Waals surface area contributed by atoms with Crippen LogP contribution >= 0.6 is 0 Å². The summed E-state index contributed by atoms with van der Waals surface area (Å²) in [5.74, 6) is -0.324. The first-order valence-electron chi connectivity index (χ1n) is 8.30. The normalized spacial score (nSPS) is 15.8. The quantitative estimate of drug-likeness (QED) is 0.816. The Labute approximate surface area is 142 Å². The standard InChI is InChI=1S/C20H22N2O2/c1-15(2)21-12-13-22(19(23)14-21)20(24)18-10-8-17(9-11-18)16-6-4-3-5-7-16/h3-11,15H,12-14H2,1-2H3. The van der Waals surface area contributed by atoms with Gasteiger partial charge in [0.25, 0.3) is 5.91 Å². The van der Waals surface area contributed by atoms with E-state index in [9.17, 15) is 9.59 Å². The minimum Gasteiger partial charge on any atom is -0.290 e. The molecule has 0 aliphatic carbocycles. The van der Waals surface area contributed by atoms with Gasteiger partial charge in [0.05, 0.1) is 6.54 Å². The van der Waals surface area contributed by atoms with Crippen LogP contribution in [0.2, 0.25) is 0 Å². The summed E-state index contributed by atoms with van der Waals surface area (Å²) >= 11 is 0. The molecule has 3 rings (SSSR count). The molecule has 2 aromatic carbocycles. The molecule has 1 fully saturated rings. The van der Waals surface area contributed by atoms with Gasteiger partial charge < -0.3 is 0 Å². The number of imide groups is 1. The average molecular weight is 322 g/mol. The van der Waals surface area contributed by atoms with Gasteiger partial charge in [0, 0.05) is 24.7 Å². The van der Waals surface area contributed by atoms with Crippen LogP contribution in [0.5, 0.6) is 0 Å². The molecule has 124 valence electrons. The zero-order chi connectivity index (χ0) is 17.1. The number of hydrogen-bond acceptors (Lipinski definition) is 3. The maximum absolute atomic E-state index is 12.6. The molecular weight excluding hydrogens is 300 g/mol. The zero-order valence-corrected chi connectivity index (χ0v) is 14.1. The molecule has 0 unspecified atom stereocenters. The van der Waals surface area contributed by atoms with E-state index >= 15 is 0 Å². The molecule has 0 saturated carbocycles. The van der Waals surface area contributed by atoms with E-state index in [0.29, 0.717) is 24.7 Å². The van der Waals surface area contributed by atoms with Crippen LogP contribution in [0, 0.1) is 0 Å². The van der Waals surface area contributed by atoms with Crippen molar-refractivity contribution in [2.24, 2.45) is 0 Å². The van der Waals surface area contributed by atoms with Gasteiger partial charge in [0.1, 0.15) is 0 Å². The Morgan fingerprint density at radius 2 is 1.54 bits per heavy atom. The Hall–Kier alpha value is -2.46. The number of piperazine rings is 1. The van der Waals surface area contributed by atoms with Crippen molar-refractivity contribution in [3.63, 3.8) is 0 Å². The average Bonchev–Trinajstić information content (AvgIpc) is 2.62. The Kier molecular flexibility index (Phi) is 4.76. The fraction of sp³-hybridized carbons (Fsp3) is 0.300. The molecule has 0 spiro atoms. The van der Waals surface area contributed by atoms with Crippen LogP contribution in [-0.2, 0) is 4.79 Å². The molecule has 4 nitrogen and oxygen atoms in total. The number of carbonyl (C=O) groups excluding carboxylic acids is 2. The second-order valence-electron chi connectivity index (χ2n) is 6.36. The van der Waals surface area contributed by atoms with Gasteiger partial charge in [-0.05, 0) is 37.1 Å². The second-order valence-corrected chi connectivity index (χ2v) is 6.36. The first-order chi connectivity index (χ1) is 11.6. The van der Waals surface area contributed by atoms with E-state index in [1.165, 1.54) is 4.90 Å². The number of rotatable bonds is 3. The predicted octanol–water partition coefficient (Wildman–Crippen LogP) is 3.05. The topological polar surface area (TPSA) is 40.6 Å². The number of nitrogens with zero attached hydrogens (tertiary/aromatic N) is 2. The highest BCUT2D eigenvalue weighted by Gasteiger charge is 2.30. The highest BCUT2D eigenvalue weighted by atomic mass is 16.2. The van der Waals surface area contributed by atoms with Crippen LogP contribution in [0.3, 0.4) is 0 Å². The minimum absolute atomic E-state index is 0.118. The summed E-state index contributed by atoms with van der Waals surface area (Å²) in [6, 6.07) is 17.8. The van der Waals surface area contributed by atoms with Gasteiger partial charge >= 0.3 is 0 Å². The summed E-state index contributed by atoms with van der Waals surface area (Å²) in [5.41, 5.74) is 2.72. The van der Waals surface area contributed by atoms with E-state index in [2.05, 4.69) is 18.7 Å². The van der Waals surface area contributed by atoms with Crippen LogP contribution in [-0.4, -0.2) is 47.3 Å². The van der Waals surface area contributed by atoms with Crippen molar-refractivity contribution in [2.75, 3.05) is 19.6 Å². The highest BCUT2D eigenvalue weighted by molar-refractivity contribution is 6.05. The molecule has 1 saturated heterocycles. The fourth-order valence-electron chi connectivity index (χ4n) is 2.94. The molecule has 4 heteroatoms. The summed E-state index contributed by atoms with van der Waals surface area (Å²) in [7, 11) is 0. The number of benzene rings is 2. The Morgan fingerprint density at radius 3 is 2.12 bits per heavy atom. The molecule has 0 aromatic heterocycles. The Bertz CT molecular complexity index is 723. The smallest absolute Gasteiger partial charge is 0.260 e. The van der Waals surface area contributed by atoms with Gasteiger partial charge in [0.2, 0.25) is 5.91 Å². The van der Waals surface area contributed by atoms with E-state index < -0.39 is 0 Å². The van der Waals surface area contributed by atoms with E-state index in [4.69, 9.17) is 0 Å². The van der Waals surface area contributed by atoms with Crippen LogP contribution in [0.25, 0.3) is 11.1 Å². The van der Waals surface area contributed by atoms with E-state index in [1.54, 1.807) is 12.1 Å². The Balaban J connectivity index is 1.73. The largest absolute Gasteiger partial charge is 0.290 e. The monoisotopic (exact) mass is 322 g/mol. The van der Waals surface area contributed by atoms with Gasteiger partial charge in [-0.15, -0.1) is 0 Å². The number of amides is 2. The molecule has 1 aliphatic rings. The SMILES string of the molecule is CC(C)N1CCN(C(=O)c2ccc(-c3ccccc3)cc2)C(=O)C1. The summed E-state index contributed by atoms with van der Waals surface area (Å²) in [4.78, 5) is 28.4. The van der Waals surface area contributed by atoms with E-state index in [-0.39, 0.29) is 11.8 Å². The maximum atomic E-state index is 12.6. The third-order valence-electron chi connectivity index (χ3n) is 4.46. The lowest BCUT2D eigenvalue weighted by molar-refractivity contribution is -0.133. The number of hydrogen-bond donors (Lipinski definition) is 0. The van der Waals surface area contributed by atoms with Crippen molar-refractivity contribution in [2.45, 2.75) is 19.9 Å². The summed E-state index contributed by atoms with van der Waals surface area (Å²) < 4.78 is 0. The fourth-order valence-corrected chi connectivity index (χ4v) is 2.94. The van der Waals surface area contributed by atoms with Gasteiger partial charge in [-0.25, -0.2) is 0 Å². The van der Waals surface area contributed by atoms with E-state index in [1.807, 2.05) is 42.5 Å². The maximum Gasteiger partial charge on any atom is 0.260 e. The Morgan fingerprint density at radius 1 is 0.917 bits per heavy atom. The summed E-state index contributed by atoms with van der Waals surface area (Å²) in [6.45, 7) is 5.62. The number of carbonyl (C=O) groups is 2. The summed E-state index contributed by atoms with van der Waals surface area (Å²) in [5, 5.41) is 0. The van der Waals surface area contributed by atoms with Crippen LogP contribution in [0.4, 0.5) is 0 Å².